The van der Waals surface area contributed by atoms with Gasteiger partial charge in [0.15, 0.2) is 4.96 Å². The Morgan fingerprint density at radius 1 is 1.42 bits per heavy atom. The predicted octanol–water partition coefficient (Wildman–Crippen LogP) is 3.24. The summed E-state index contributed by atoms with van der Waals surface area (Å²) in [6.45, 7) is 2.17. The van der Waals surface area contributed by atoms with Crippen molar-refractivity contribution in [2.75, 3.05) is 6.61 Å². The molecule has 0 saturated heterocycles. The van der Waals surface area contributed by atoms with Crippen LogP contribution in [-0.2, 0) is 4.74 Å². The third-order valence-electron chi connectivity index (χ3n) is 2.79. The van der Waals surface area contributed by atoms with Gasteiger partial charge < -0.3 is 4.74 Å². The molecule has 0 saturated carbocycles. The second kappa shape index (κ2) is 4.85. The quantitative estimate of drug-likeness (QED) is 0.687. The molecule has 2 aromatic heterocycles. The number of esters is 1. The van der Waals surface area contributed by atoms with Crippen molar-refractivity contribution in [2.24, 2.45) is 0 Å². The van der Waals surface area contributed by atoms with Crippen LogP contribution in [0, 0.1) is 0 Å². The Hall–Kier alpha value is -2.14. The van der Waals surface area contributed by atoms with E-state index in [0.29, 0.717) is 12.2 Å². The molecule has 3 rings (SSSR count). The van der Waals surface area contributed by atoms with Gasteiger partial charge in [0.05, 0.1) is 17.9 Å². The minimum atomic E-state index is -0.311. The summed E-state index contributed by atoms with van der Waals surface area (Å²) in [5, 5.41) is 1.98. The van der Waals surface area contributed by atoms with Crippen LogP contribution in [0.25, 0.3) is 16.2 Å². The van der Waals surface area contributed by atoms with Gasteiger partial charge in [0.25, 0.3) is 0 Å². The molecule has 3 aromatic rings. The summed E-state index contributed by atoms with van der Waals surface area (Å²) in [4.78, 5) is 17.4. The van der Waals surface area contributed by atoms with Gasteiger partial charge in [0, 0.05) is 23.3 Å². The maximum Gasteiger partial charge on any atom is 0.338 e. The standard InChI is InChI=1S/C14H12N2O2S/c1-2-18-13(17)11-6-4-3-5-10(11)12-9-16-7-8-19-14(16)15-12/h3-9H,2H2,1H3. The normalized spacial score (nSPS) is 10.8. The maximum absolute atomic E-state index is 11.9. The average Bonchev–Trinajstić information content (AvgIpc) is 2.99. The zero-order chi connectivity index (χ0) is 13.2. The molecule has 0 bridgehead atoms. The van der Waals surface area contributed by atoms with Crippen molar-refractivity contribution < 1.29 is 9.53 Å². The maximum atomic E-state index is 11.9. The first-order chi connectivity index (χ1) is 9.29. The first-order valence-corrected chi connectivity index (χ1v) is 6.86. The van der Waals surface area contributed by atoms with Crippen molar-refractivity contribution in [3.05, 3.63) is 47.6 Å². The molecule has 0 spiro atoms. The van der Waals surface area contributed by atoms with E-state index in [-0.39, 0.29) is 5.97 Å². The highest BCUT2D eigenvalue weighted by Gasteiger charge is 2.15. The Morgan fingerprint density at radius 3 is 3.05 bits per heavy atom. The molecule has 0 fully saturated rings. The van der Waals surface area contributed by atoms with Crippen molar-refractivity contribution in [1.82, 2.24) is 9.38 Å². The number of nitrogens with zero attached hydrogens (tertiary/aromatic N) is 2. The molecule has 96 valence electrons. The summed E-state index contributed by atoms with van der Waals surface area (Å²) in [6, 6.07) is 7.37. The predicted molar refractivity (Wildman–Crippen MR) is 74.5 cm³/mol. The van der Waals surface area contributed by atoms with Crippen LogP contribution in [0.3, 0.4) is 0 Å². The molecular weight excluding hydrogens is 260 g/mol. The lowest BCUT2D eigenvalue weighted by atomic mass is 10.1. The number of imidazole rings is 1. The van der Waals surface area contributed by atoms with Crippen LogP contribution in [0.2, 0.25) is 0 Å². The van der Waals surface area contributed by atoms with Crippen LogP contribution in [0.1, 0.15) is 17.3 Å². The fraction of sp³-hybridized carbons (Fsp3) is 0.143. The minimum absolute atomic E-state index is 0.311. The van der Waals surface area contributed by atoms with Crippen molar-refractivity contribution in [2.45, 2.75) is 6.92 Å². The van der Waals surface area contributed by atoms with E-state index in [0.717, 1.165) is 16.2 Å². The number of rotatable bonds is 3. The van der Waals surface area contributed by atoms with Gasteiger partial charge in [0.2, 0.25) is 0 Å². The van der Waals surface area contributed by atoms with Gasteiger partial charge in [-0.2, -0.15) is 0 Å². The molecule has 0 aliphatic rings. The van der Waals surface area contributed by atoms with E-state index < -0.39 is 0 Å². The molecule has 19 heavy (non-hydrogen) atoms. The largest absolute Gasteiger partial charge is 0.462 e. The molecule has 0 amide bonds. The Kier molecular flexibility index (Phi) is 3.05. The van der Waals surface area contributed by atoms with E-state index in [1.807, 2.05) is 40.4 Å². The fourth-order valence-electron chi connectivity index (χ4n) is 1.95. The number of hydrogen-bond donors (Lipinski definition) is 0. The minimum Gasteiger partial charge on any atom is -0.462 e. The Bertz CT molecular complexity index is 701. The molecule has 0 unspecified atom stereocenters. The van der Waals surface area contributed by atoms with Crippen molar-refractivity contribution >= 4 is 22.3 Å². The summed E-state index contributed by atoms with van der Waals surface area (Å²) in [5.74, 6) is -0.311. The van der Waals surface area contributed by atoms with Gasteiger partial charge in [-0.05, 0) is 13.0 Å². The first kappa shape index (κ1) is 11.9. The summed E-state index contributed by atoms with van der Waals surface area (Å²) in [7, 11) is 0. The second-order valence-electron chi connectivity index (χ2n) is 3.99. The average molecular weight is 272 g/mol. The van der Waals surface area contributed by atoms with Crippen LogP contribution in [0.15, 0.2) is 42.0 Å². The van der Waals surface area contributed by atoms with E-state index in [9.17, 15) is 4.79 Å². The van der Waals surface area contributed by atoms with E-state index in [4.69, 9.17) is 4.74 Å². The van der Waals surface area contributed by atoms with Crippen molar-refractivity contribution in [3.63, 3.8) is 0 Å². The van der Waals surface area contributed by atoms with E-state index in [1.165, 1.54) is 0 Å². The molecular formula is C14H12N2O2S. The third kappa shape index (κ3) is 2.13. The van der Waals surface area contributed by atoms with E-state index in [2.05, 4.69) is 4.98 Å². The zero-order valence-corrected chi connectivity index (χ0v) is 11.2. The molecule has 0 atom stereocenters. The number of carbonyl (C=O) groups is 1. The molecule has 4 nitrogen and oxygen atoms in total. The van der Waals surface area contributed by atoms with Gasteiger partial charge in [-0.15, -0.1) is 11.3 Å². The van der Waals surface area contributed by atoms with Crippen LogP contribution < -0.4 is 0 Å². The number of aromatic nitrogens is 2. The van der Waals surface area contributed by atoms with Gasteiger partial charge in [-0.1, -0.05) is 18.2 Å². The number of hydrogen-bond acceptors (Lipinski definition) is 4. The molecule has 2 heterocycles. The smallest absolute Gasteiger partial charge is 0.338 e. The number of thiazole rings is 1. The lowest BCUT2D eigenvalue weighted by Gasteiger charge is -2.06. The highest BCUT2D eigenvalue weighted by molar-refractivity contribution is 7.15. The Labute approximate surface area is 114 Å². The summed E-state index contributed by atoms with van der Waals surface area (Å²) in [5.41, 5.74) is 2.14. The van der Waals surface area contributed by atoms with Gasteiger partial charge in [0.1, 0.15) is 0 Å². The topological polar surface area (TPSA) is 43.6 Å². The fourth-order valence-corrected chi connectivity index (χ4v) is 2.65. The zero-order valence-electron chi connectivity index (χ0n) is 10.4. The van der Waals surface area contributed by atoms with E-state index in [1.54, 1.807) is 24.3 Å². The Balaban J connectivity index is 2.09. The molecule has 0 radical (unpaired) electrons. The molecule has 5 heteroatoms. The van der Waals surface area contributed by atoms with Crippen LogP contribution in [0.4, 0.5) is 0 Å². The third-order valence-corrected chi connectivity index (χ3v) is 3.56. The highest BCUT2D eigenvalue weighted by Crippen LogP contribution is 2.25. The van der Waals surface area contributed by atoms with Crippen molar-refractivity contribution in [1.29, 1.82) is 0 Å². The first-order valence-electron chi connectivity index (χ1n) is 5.98. The lowest BCUT2D eigenvalue weighted by Crippen LogP contribution is -2.06. The summed E-state index contributed by atoms with van der Waals surface area (Å²) < 4.78 is 7.02. The van der Waals surface area contributed by atoms with Crippen molar-refractivity contribution in [3.8, 4) is 11.3 Å². The highest BCUT2D eigenvalue weighted by atomic mass is 32.1. The SMILES string of the molecule is CCOC(=O)c1ccccc1-c1cn2ccsc2n1. The van der Waals surface area contributed by atoms with E-state index >= 15 is 0 Å². The van der Waals surface area contributed by atoms with Crippen LogP contribution in [0.5, 0.6) is 0 Å². The number of ether oxygens (including phenoxy) is 1. The molecule has 0 N–H and O–H groups in total. The summed E-state index contributed by atoms with van der Waals surface area (Å²) in [6.07, 6.45) is 3.87. The Morgan fingerprint density at radius 2 is 2.26 bits per heavy atom. The second-order valence-corrected chi connectivity index (χ2v) is 4.86. The van der Waals surface area contributed by atoms with Crippen LogP contribution >= 0.6 is 11.3 Å². The molecule has 0 aliphatic heterocycles. The lowest BCUT2D eigenvalue weighted by molar-refractivity contribution is 0.0527. The number of benzene rings is 1. The van der Waals surface area contributed by atoms with Gasteiger partial charge in [-0.25, -0.2) is 9.78 Å². The molecule has 0 aliphatic carbocycles. The molecule has 1 aromatic carbocycles. The monoisotopic (exact) mass is 272 g/mol. The van der Waals surface area contributed by atoms with Gasteiger partial charge in [-0.3, -0.25) is 4.40 Å². The summed E-state index contributed by atoms with van der Waals surface area (Å²) >= 11 is 1.56. The number of fused-ring (bicyclic) bond motifs is 1. The van der Waals surface area contributed by atoms with Crippen LogP contribution in [-0.4, -0.2) is 22.0 Å². The van der Waals surface area contributed by atoms with Gasteiger partial charge >= 0.3 is 5.97 Å². The number of carbonyl (C=O) groups excluding carboxylic acids is 1.